The average Bonchev–Trinajstić information content (AvgIpc) is 3.23. The van der Waals surface area contributed by atoms with Crippen LogP contribution in [0.5, 0.6) is 0 Å². The van der Waals surface area contributed by atoms with E-state index in [1.807, 2.05) is 39.1 Å². The van der Waals surface area contributed by atoms with Crippen LogP contribution in [0.4, 0.5) is 5.82 Å². The van der Waals surface area contributed by atoms with Crippen molar-refractivity contribution in [1.29, 1.82) is 0 Å². The van der Waals surface area contributed by atoms with Gasteiger partial charge in [-0.25, -0.2) is 23.9 Å². The molecule has 3 aromatic heterocycles. The Hall–Kier alpha value is -2.86. The Kier molecular flexibility index (Phi) is 7.18. The molecule has 1 aliphatic heterocycles. The summed E-state index contributed by atoms with van der Waals surface area (Å²) in [6.45, 7) is 7.63. The zero-order valence-electron chi connectivity index (χ0n) is 22.5. The van der Waals surface area contributed by atoms with Crippen molar-refractivity contribution in [3.05, 3.63) is 75.8 Å². The number of H-pyrrole nitrogens is 1. The monoisotopic (exact) mass is 595 g/mol. The van der Waals surface area contributed by atoms with Crippen molar-refractivity contribution < 1.29 is 4.21 Å². The number of anilines is 1. The van der Waals surface area contributed by atoms with Crippen molar-refractivity contribution in [2.24, 2.45) is 5.41 Å². The van der Waals surface area contributed by atoms with Crippen LogP contribution >= 0.6 is 23.4 Å². The molecule has 6 rings (SSSR count). The van der Waals surface area contributed by atoms with Crippen molar-refractivity contribution in [2.75, 3.05) is 18.0 Å². The van der Waals surface area contributed by atoms with Crippen LogP contribution in [-0.4, -0.2) is 47.0 Å². The molecule has 2 atom stereocenters. The largest absolute Gasteiger partial charge is 0.355 e. The summed E-state index contributed by atoms with van der Waals surface area (Å²) in [6.07, 6.45) is 9.48. The first-order valence-corrected chi connectivity index (χ1v) is 15.5. The molecule has 4 heterocycles. The number of aromatic nitrogens is 5. The lowest BCUT2D eigenvalue weighted by molar-refractivity contribution is 0.176. The molecular weight excluding hydrogens is 566 g/mol. The number of nitrogens with zero attached hydrogens (tertiary/aromatic N) is 5. The van der Waals surface area contributed by atoms with Gasteiger partial charge in [0.2, 0.25) is 0 Å². The lowest BCUT2D eigenvalue weighted by Gasteiger charge is -2.44. The van der Waals surface area contributed by atoms with E-state index in [0.29, 0.717) is 21.0 Å². The number of rotatable bonds is 5. The van der Waals surface area contributed by atoms with Crippen molar-refractivity contribution in [2.45, 2.75) is 60.7 Å². The Labute approximate surface area is 244 Å². The van der Waals surface area contributed by atoms with Crippen molar-refractivity contribution >= 4 is 51.1 Å². The summed E-state index contributed by atoms with van der Waals surface area (Å²) in [7, 11) is -1.19. The summed E-state index contributed by atoms with van der Waals surface area (Å²) in [6, 6.07) is 7.71. The van der Waals surface area contributed by atoms with E-state index in [4.69, 9.17) is 16.6 Å². The molecule has 1 aliphatic carbocycles. The van der Waals surface area contributed by atoms with Gasteiger partial charge < -0.3 is 9.88 Å². The highest BCUT2D eigenvalue weighted by molar-refractivity contribution is 7.99. The van der Waals surface area contributed by atoms with Gasteiger partial charge in [-0.15, -0.1) is 0 Å². The molecule has 0 amide bonds. The molecule has 1 saturated heterocycles. The molecule has 12 heteroatoms. The Morgan fingerprint density at radius 2 is 1.93 bits per heavy atom. The minimum atomic E-state index is -1.19. The van der Waals surface area contributed by atoms with E-state index < -0.39 is 11.0 Å². The van der Waals surface area contributed by atoms with E-state index in [9.17, 15) is 9.00 Å². The van der Waals surface area contributed by atoms with Gasteiger partial charge in [0, 0.05) is 29.9 Å². The van der Waals surface area contributed by atoms with Crippen molar-refractivity contribution in [3.63, 3.8) is 0 Å². The Bertz CT molecular complexity index is 1650. The van der Waals surface area contributed by atoms with E-state index >= 15 is 0 Å². The third-order valence-electron chi connectivity index (χ3n) is 7.77. The lowest BCUT2D eigenvalue weighted by Crippen LogP contribution is -2.48. The molecule has 1 fully saturated rings. The molecule has 2 N–H and O–H groups in total. The predicted octanol–water partition coefficient (Wildman–Crippen LogP) is 4.85. The summed E-state index contributed by atoms with van der Waals surface area (Å²) in [5.74, 6) is 0.820. The molecule has 0 bridgehead atoms. The number of nitrogens with one attached hydrogen (secondary N) is 2. The number of hydrogen-bond donors (Lipinski definition) is 2. The predicted molar refractivity (Wildman–Crippen MR) is 159 cm³/mol. The lowest BCUT2D eigenvalue weighted by atomic mass is 9.73. The molecule has 0 saturated carbocycles. The SMILES string of the molecule is CC(C)(C)S(=O)N[C@@H]1c2cccnc2CC12CCN(c1cnc(Sc3ccc4nc[nH]c(=O)c4c3Cl)cn1)CC2. The van der Waals surface area contributed by atoms with Crippen LogP contribution in [0, 0.1) is 5.41 Å². The van der Waals surface area contributed by atoms with Crippen LogP contribution in [0.1, 0.15) is 50.9 Å². The molecular formula is C28H30ClN7O2S2. The first-order chi connectivity index (χ1) is 19.1. The number of hydrogen-bond acceptors (Lipinski definition) is 8. The van der Waals surface area contributed by atoms with E-state index in [2.05, 4.69) is 35.6 Å². The molecule has 1 unspecified atom stereocenters. The van der Waals surface area contributed by atoms with Crippen LogP contribution in [0.25, 0.3) is 10.9 Å². The fourth-order valence-corrected chi connectivity index (χ4v) is 7.63. The van der Waals surface area contributed by atoms with E-state index in [-0.39, 0.29) is 21.8 Å². The van der Waals surface area contributed by atoms with Crippen LogP contribution in [-0.2, 0) is 17.4 Å². The van der Waals surface area contributed by atoms with Crippen molar-refractivity contribution in [1.82, 2.24) is 29.6 Å². The maximum atomic E-state index is 13.1. The van der Waals surface area contributed by atoms with Crippen LogP contribution in [0.2, 0.25) is 5.02 Å². The second kappa shape index (κ2) is 10.5. The molecule has 1 spiro atoms. The second-order valence-electron chi connectivity index (χ2n) is 11.3. The van der Waals surface area contributed by atoms with Gasteiger partial charge in [-0.3, -0.25) is 9.78 Å². The quantitative estimate of drug-likeness (QED) is 0.336. The van der Waals surface area contributed by atoms with Gasteiger partial charge in [-0.05, 0) is 69.2 Å². The summed E-state index contributed by atoms with van der Waals surface area (Å²) < 4.78 is 16.3. The normalized spacial score (nSPS) is 19.2. The molecule has 9 nitrogen and oxygen atoms in total. The number of fused-ring (bicyclic) bond motifs is 2. The van der Waals surface area contributed by atoms with Gasteiger partial charge in [-0.2, -0.15) is 0 Å². The first kappa shape index (κ1) is 27.3. The van der Waals surface area contributed by atoms with Gasteiger partial charge in [-0.1, -0.05) is 29.4 Å². The van der Waals surface area contributed by atoms with E-state index in [1.165, 1.54) is 23.7 Å². The standard InChI is InChI=1S/C28H30ClN7O2S2/c1-27(2,3)40(38)35-25-17-5-4-10-30-19(17)13-28(25)8-11-36(12-9-28)21-14-32-22(15-31-21)39-20-7-6-18-23(24(20)29)26(37)34-16-33-18/h4-7,10,14-16,25,35H,8-9,11-13H2,1-3H3,(H,33,34,37)/t25-,40?/m1/s1. The molecule has 2 aliphatic rings. The number of aromatic amines is 1. The highest BCUT2D eigenvalue weighted by Crippen LogP contribution is 2.52. The van der Waals surface area contributed by atoms with Crippen LogP contribution < -0.4 is 15.2 Å². The molecule has 0 radical (unpaired) electrons. The molecule has 4 aromatic rings. The van der Waals surface area contributed by atoms with Gasteiger partial charge in [0.15, 0.2) is 0 Å². The molecule has 40 heavy (non-hydrogen) atoms. The third kappa shape index (κ3) is 5.04. The summed E-state index contributed by atoms with van der Waals surface area (Å²) in [5.41, 5.74) is 2.50. The number of piperidine rings is 1. The first-order valence-electron chi connectivity index (χ1n) is 13.2. The zero-order chi connectivity index (χ0) is 28.1. The Balaban J connectivity index is 1.17. The number of pyridine rings is 1. The van der Waals surface area contributed by atoms with Crippen LogP contribution in [0.15, 0.2) is 63.9 Å². The van der Waals surface area contributed by atoms with E-state index in [1.54, 1.807) is 18.5 Å². The molecule has 1 aromatic carbocycles. The summed E-state index contributed by atoms with van der Waals surface area (Å²) in [4.78, 5) is 36.0. The Morgan fingerprint density at radius 3 is 2.65 bits per heavy atom. The smallest absolute Gasteiger partial charge is 0.260 e. The maximum absolute atomic E-state index is 13.1. The highest BCUT2D eigenvalue weighted by atomic mass is 35.5. The topological polar surface area (TPSA) is 117 Å². The molecule has 208 valence electrons. The van der Waals surface area contributed by atoms with Gasteiger partial charge in [0.25, 0.3) is 5.56 Å². The maximum Gasteiger partial charge on any atom is 0.260 e. The Morgan fingerprint density at radius 1 is 1.12 bits per heavy atom. The highest BCUT2D eigenvalue weighted by Gasteiger charge is 2.49. The summed E-state index contributed by atoms with van der Waals surface area (Å²) in [5, 5.41) is 1.40. The van der Waals surface area contributed by atoms with Gasteiger partial charge in [0.05, 0.1) is 56.4 Å². The third-order valence-corrected chi connectivity index (χ3v) is 10.8. The zero-order valence-corrected chi connectivity index (χ0v) is 24.9. The second-order valence-corrected chi connectivity index (χ2v) is 14.8. The number of halogens is 1. The minimum Gasteiger partial charge on any atom is -0.355 e. The van der Waals surface area contributed by atoms with Gasteiger partial charge >= 0.3 is 0 Å². The van der Waals surface area contributed by atoms with E-state index in [0.717, 1.165) is 48.8 Å². The number of benzene rings is 1. The van der Waals surface area contributed by atoms with Gasteiger partial charge in [0.1, 0.15) is 10.8 Å². The average molecular weight is 596 g/mol. The fraction of sp³-hybridized carbons (Fsp3) is 0.393. The van der Waals surface area contributed by atoms with Crippen LogP contribution in [0.3, 0.4) is 0 Å². The summed E-state index contributed by atoms with van der Waals surface area (Å²) >= 11 is 7.91. The minimum absolute atomic E-state index is 0.00240. The fourth-order valence-electron chi connectivity index (χ4n) is 5.57. The van der Waals surface area contributed by atoms with Crippen molar-refractivity contribution in [3.8, 4) is 0 Å².